The summed E-state index contributed by atoms with van der Waals surface area (Å²) < 4.78 is 5.13. The predicted octanol–water partition coefficient (Wildman–Crippen LogP) is 1.31. The Morgan fingerprint density at radius 3 is 2.70 bits per heavy atom. The Labute approximate surface area is 121 Å². The molecule has 2 N–H and O–H groups in total. The molecule has 0 aliphatic rings. The third-order valence-electron chi connectivity index (χ3n) is 3.05. The Bertz CT molecular complexity index is 387. The van der Waals surface area contributed by atoms with Crippen LogP contribution < -0.4 is 10.2 Å². The lowest BCUT2D eigenvalue weighted by Gasteiger charge is -2.25. The Balaban J connectivity index is 2.99. The summed E-state index contributed by atoms with van der Waals surface area (Å²) in [5.74, 6) is 1.77. The summed E-state index contributed by atoms with van der Waals surface area (Å²) >= 11 is 0. The van der Waals surface area contributed by atoms with Crippen LogP contribution in [0.25, 0.3) is 0 Å². The van der Waals surface area contributed by atoms with E-state index in [-0.39, 0.29) is 6.61 Å². The van der Waals surface area contributed by atoms with Gasteiger partial charge in [-0.25, -0.2) is 9.97 Å². The number of nitrogens with zero attached hydrogens (tertiary/aromatic N) is 3. The summed E-state index contributed by atoms with van der Waals surface area (Å²) in [7, 11) is 1.67. The summed E-state index contributed by atoms with van der Waals surface area (Å²) in [5.41, 5.74) is 1.09. The van der Waals surface area contributed by atoms with Crippen LogP contribution in [0.5, 0.6) is 0 Å². The van der Waals surface area contributed by atoms with E-state index in [0.29, 0.717) is 19.7 Å². The summed E-state index contributed by atoms with van der Waals surface area (Å²) in [6.07, 6.45) is 3.47. The van der Waals surface area contributed by atoms with E-state index in [4.69, 9.17) is 4.74 Å². The molecular weight excluding hydrogens is 256 g/mol. The lowest BCUT2D eigenvalue weighted by Crippen LogP contribution is -2.32. The highest BCUT2D eigenvalue weighted by Gasteiger charge is 2.15. The molecule has 1 aromatic rings. The molecule has 0 saturated carbocycles. The van der Waals surface area contributed by atoms with Crippen LogP contribution in [0.4, 0.5) is 11.6 Å². The van der Waals surface area contributed by atoms with Gasteiger partial charge in [-0.05, 0) is 12.8 Å². The first-order valence-electron chi connectivity index (χ1n) is 7.20. The van der Waals surface area contributed by atoms with Gasteiger partial charge in [-0.15, -0.1) is 0 Å². The van der Waals surface area contributed by atoms with Gasteiger partial charge in [-0.1, -0.05) is 13.8 Å². The zero-order valence-electron chi connectivity index (χ0n) is 12.7. The maximum Gasteiger partial charge on any atom is 0.137 e. The summed E-state index contributed by atoms with van der Waals surface area (Å²) in [6, 6.07) is 0. The topological polar surface area (TPSA) is 70.5 Å². The lowest BCUT2D eigenvalue weighted by atomic mass is 10.2. The third-order valence-corrected chi connectivity index (χ3v) is 3.05. The molecule has 0 saturated heterocycles. The van der Waals surface area contributed by atoms with Crippen molar-refractivity contribution in [3.05, 3.63) is 11.9 Å². The van der Waals surface area contributed by atoms with Gasteiger partial charge >= 0.3 is 0 Å². The number of aliphatic hydroxyl groups is 1. The van der Waals surface area contributed by atoms with E-state index < -0.39 is 0 Å². The largest absolute Gasteiger partial charge is 0.395 e. The maximum absolute atomic E-state index is 9.23. The van der Waals surface area contributed by atoms with Crippen LogP contribution in [0.2, 0.25) is 0 Å². The van der Waals surface area contributed by atoms with Crippen LogP contribution in [0.15, 0.2) is 6.33 Å². The molecule has 114 valence electrons. The summed E-state index contributed by atoms with van der Waals surface area (Å²) in [6.45, 7) is 7.04. The highest BCUT2D eigenvalue weighted by molar-refractivity contribution is 5.58. The molecule has 0 radical (unpaired) electrons. The van der Waals surface area contributed by atoms with Crippen molar-refractivity contribution >= 4 is 11.6 Å². The first-order chi connectivity index (χ1) is 9.78. The van der Waals surface area contributed by atoms with Crippen molar-refractivity contribution in [3.8, 4) is 0 Å². The molecule has 0 fully saturated rings. The fraction of sp³-hybridized carbons (Fsp3) is 0.714. The zero-order chi connectivity index (χ0) is 14.8. The predicted molar refractivity (Wildman–Crippen MR) is 81.4 cm³/mol. The Hall–Kier alpha value is -1.40. The van der Waals surface area contributed by atoms with E-state index in [0.717, 1.165) is 36.6 Å². The van der Waals surface area contributed by atoms with Crippen LogP contribution >= 0.6 is 0 Å². The number of aliphatic hydroxyl groups excluding tert-OH is 1. The van der Waals surface area contributed by atoms with Crippen molar-refractivity contribution in [2.75, 3.05) is 50.2 Å². The van der Waals surface area contributed by atoms with E-state index in [1.807, 2.05) is 4.90 Å². The fourth-order valence-corrected chi connectivity index (χ4v) is 2.04. The van der Waals surface area contributed by atoms with Crippen LogP contribution in [-0.4, -0.2) is 55.0 Å². The maximum atomic E-state index is 9.23. The number of nitrogens with one attached hydrogen (secondary N) is 1. The normalized spacial score (nSPS) is 10.6. The van der Waals surface area contributed by atoms with Gasteiger partial charge in [-0.3, -0.25) is 0 Å². The lowest BCUT2D eigenvalue weighted by molar-refractivity contribution is 0.202. The van der Waals surface area contributed by atoms with Gasteiger partial charge in [0, 0.05) is 32.3 Å². The van der Waals surface area contributed by atoms with Gasteiger partial charge in [-0.2, -0.15) is 0 Å². The van der Waals surface area contributed by atoms with E-state index in [1.54, 1.807) is 13.4 Å². The van der Waals surface area contributed by atoms with Gasteiger partial charge in [0.1, 0.15) is 18.0 Å². The molecule has 0 spiro atoms. The number of methoxy groups -OCH3 is 1. The Morgan fingerprint density at radius 1 is 1.30 bits per heavy atom. The second kappa shape index (κ2) is 9.50. The van der Waals surface area contributed by atoms with Gasteiger partial charge in [0.15, 0.2) is 0 Å². The number of ether oxygens (including phenoxy) is 1. The Kier molecular flexibility index (Phi) is 7.91. The monoisotopic (exact) mass is 282 g/mol. The van der Waals surface area contributed by atoms with Gasteiger partial charge in [0.25, 0.3) is 0 Å². The van der Waals surface area contributed by atoms with Crippen molar-refractivity contribution in [1.82, 2.24) is 9.97 Å². The van der Waals surface area contributed by atoms with E-state index in [2.05, 4.69) is 29.1 Å². The van der Waals surface area contributed by atoms with E-state index in [1.165, 1.54) is 0 Å². The van der Waals surface area contributed by atoms with Gasteiger partial charge < -0.3 is 20.1 Å². The number of hydrogen-bond donors (Lipinski definition) is 2. The molecule has 0 amide bonds. The molecule has 0 aliphatic carbocycles. The molecule has 20 heavy (non-hydrogen) atoms. The summed E-state index contributed by atoms with van der Waals surface area (Å²) in [5, 5.41) is 12.6. The second-order valence-corrected chi connectivity index (χ2v) is 4.51. The quantitative estimate of drug-likeness (QED) is 0.674. The minimum Gasteiger partial charge on any atom is -0.395 e. The third kappa shape index (κ3) is 4.61. The average molecular weight is 282 g/mol. The van der Waals surface area contributed by atoms with Crippen molar-refractivity contribution in [1.29, 1.82) is 0 Å². The van der Waals surface area contributed by atoms with Crippen molar-refractivity contribution in [3.63, 3.8) is 0 Å². The molecule has 1 rings (SSSR count). The molecule has 6 nitrogen and oxygen atoms in total. The molecule has 1 heterocycles. The van der Waals surface area contributed by atoms with Crippen LogP contribution in [-0.2, 0) is 11.2 Å². The van der Waals surface area contributed by atoms with Crippen molar-refractivity contribution in [2.45, 2.75) is 26.7 Å². The second-order valence-electron chi connectivity index (χ2n) is 4.51. The molecule has 6 heteroatoms. The molecule has 1 aromatic heterocycles. The van der Waals surface area contributed by atoms with Crippen molar-refractivity contribution in [2.24, 2.45) is 0 Å². The minimum atomic E-state index is 0.0919. The first-order valence-corrected chi connectivity index (χ1v) is 7.20. The minimum absolute atomic E-state index is 0.0919. The standard InChI is InChI=1S/C14H26N4O2/c1-4-6-15-13-12(5-2)14(17-11-16-13)18(7-9-19)8-10-20-3/h11,19H,4-10H2,1-3H3,(H,15,16,17). The summed E-state index contributed by atoms with van der Waals surface area (Å²) in [4.78, 5) is 10.8. The van der Waals surface area contributed by atoms with Crippen molar-refractivity contribution < 1.29 is 9.84 Å². The Morgan fingerprint density at radius 2 is 2.10 bits per heavy atom. The highest BCUT2D eigenvalue weighted by atomic mass is 16.5. The van der Waals surface area contributed by atoms with Gasteiger partial charge in [0.05, 0.1) is 13.2 Å². The zero-order valence-corrected chi connectivity index (χ0v) is 12.7. The number of rotatable bonds is 10. The molecule has 0 aromatic carbocycles. The smallest absolute Gasteiger partial charge is 0.137 e. The highest BCUT2D eigenvalue weighted by Crippen LogP contribution is 2.23. The number of anilines is 2. The van der Waals surface area contributed by atoms with Crippen LogP contribution in [0.1, 0.15) is 25.8 Å². The van der Waals surface area contributed by atoms with E-state index in [9.17, 15) is 5.11 Å². The fourth-order valence-electron chi connectivity index (χ4n) is 2.04. The molecule has 0 atom stereocenters. The molecule has 0 unspecified atom stereocenters. The average Bonchev–Trinajstić information content (AvgIpc) is 2.48. The SMILES string of the molecule is CCCNc1ncnc(N(CCO)CCOC)c1CC. The first kappa shape index (κ1) is 16.7. The molecule has 0 aliphatic heterocycles. The molecule has 0 bridgehead atoms. The van der Waals surface area contributed by atoms with E-state index >= 15 is 0 Å². The molecular formula is C14H26N4O2. The number of hydrogen-bond acceptors (Lipinski definition) is 6. The van der Waals surface area contributed by atoms with Crippen LogP contribution in [0, 0.1) is 0 Å². The van der Waals surface area contributed by atoms with Crippen LogP contribution in [0.3, 0.4) is 0 Å². The van der Waals surface area contributed by atoms with Gasteiger partial charge in [0.2, 0.25) is 0 Å². The number of aromatic nitrogens is 2.